The number of rotatable bonds is 8. The van der Waals surface area contributed by atoms with Crippen LogP contribution in [0.25, 0.3) is 11.2 Å². The Morgan fingerprint density at radius 2 is 2.19 bits per heavy atom. The minimum Gasteiger partial charge on any atom is -0.427 e. The number of carbonyl (C=O) groups is 1. The van der Waals surface area contributed by atoms with E-state index >= 15 is 0 Å². The molecule has 0 aliphatic rings. The number of benzene rings is 1. The van der Waals surface area contributed by atoms with E-state index in [1.54, 1.807) is 23.1 Å². The summed E-state index contributed by atoms with van der Waals surface area (Å²) in [6.45, 7) is 4.22. The van der Waals surface area contributed by atoms with Crippen LogP contribution in [0.5, 0.6) is 5.75 Å². The molecule has 1 aromatic carbocycles. The van der Waals surface area contributed by atoms with Gasteiger partial charge in [-0.25, -0.2) is 0 Å². The summed E-state index contributed by atoms with van der Waals surface area (Å²) in [5.74, 6) is 0.976. The highest BCUT2D eigenvalue weighted by Crippen LogP contribution is 2.21. The van der Waals surface area contributed by atoms with Gasteiger partial charge in [0.15, 0.2) is 11.3 Å². The van der Waals surface area contributed by atoms with E-state index in [9.17, 15) is 9.90 Å². The summed E-state index contributed by atoms with van der Waals surface area (Å²) in [6.07, 6.45) is 0.840. The van der Waals surface area contributed by atoms with E-state index in [4.69, 9.17) is 4.74 Å². The Bertz CT molecular complexity index is 928. The molecule has 0 amide bonds. The average molecular weight is 371 g/mol. The van der Waals surface area contributed by atoms with Crippen molar-refractivity contribution in [3.63, 3.8) is 0 Å². The Balaban J connectivity index is 1.84. The second-order valence-electron chi connectivity index (χ2n) is 5.87. The number of ether oxygens (including phenoxy) is 1. The van der Waals surface area contributed by atoms with Gasteiger partial charge in [-0.1, -0.05) is 19.1 Å². The van der Waals surface area contributed by atoms with Crippen LogP contribution in [0.15, 0.2) is 24.3 Å². The fraction of sp³-hybridized carbons (Fsp3) is 0.353. The molecular formula is C17H21N7O3. The molecule has 0 spiro atoms. The van der Waals surface area contributed by atoms with E-state index in [-0.39, 0.29) is 12.7 Å². The topological polar surface area (TPSA) is 129 Å². The third-order valence-electron chi connectivity index (χ3n) is 3.74. The van der Waals surface area contributed by atoms with Crippen LogP contribution in [0.3, 0.4) is 0 Å². The second kappa shape index (κ2) is 8.41. The number of hydrogen-bond donors (Lipinski definition) is 3. The van der Waals surface area contributed by atoms with Crippen molar-refractivity contribution in [2.45, 2.75) is 26.8 Å². The lowest BCUT2D eigenvalue weighted by Gasteiger charge is -2.19. The number of aliphatic hydroxyl groups is 1. The summed E-state index contributed by atoms with van der Waals surface area (Å²) < 4.78 is 5.10. The molecule has 0 aliphatic heterocycles. The number of nitrogens with zero attached hydrogens (tertiary/aromatic N) is 5. The molecule has 0 radical (unpaired) electrons. The lowest BCUT2D eigenvalue weighted by Crippen LogP contribution is -2.27. The Hall–Kier alpha value is -3.27. The zero-order chi connectivity index (χ0) is 19.2. The predicted molar refractivity (Wildman–Crippen MR) is 99.3 cm³/mol. The first-order valence-electron chi connectivity index (χ1n) is 8.56. The van der Waals surface area contributed by atoms with Crippen molar-refractivity contribution in [2.24, 2.45) is 0 Å². The van der Waals surface area contributed by atoms with Crippen LogP contribution in [0.4, 0.5) is 11.8 Å². The van der Waals surface area contributed by atoms with E-state index in [0.29, 0.717) is 41.8 Å². The fourth-order valence-electron chi connectivity index (χ4n) is 2.57. The molecule has 0 fully saturated rings. The van der Waals surface area contributed by atoms with E-state index in [0.717, 1.165) is 12.0 Å². The molecule has 0 atom stereocenters. The van der Waals surface area contributed by atoms with Crippen molar-refractivity contribution in [1.82, 2.24) is 25.4 Å². The van der Waals surface area contributed by atoms with Gasteiger partial charge in [0.2, 0.25) is 11.6 Å². The van der Waals surface area contributed by atoms with Gasteiger partial charge in [-0.3, -0.25) is 4.79 Å². The third kappa shape index (κ3) is 4.47. The smallest absolute Gasteiger partial charge is 0.308 e. The number of aromatic amines is 1. The highest BCUT2D eigenvalue weighted by atomic mass is 16.5. The molecule has 0 saturated heterocycles. The SMILES string of the molecule is CCCN(CO)c1nc(NCc2cccc(OC(C)=O)c2)c2n[nH]nc2n1. The molecule has 0 unspecified atom stereocenters. The van der Waals surface area contributed by atoms with Crippen molar-refractivity contribution < 1.29 is 14.6 Å². The highest BCUT2D eigenvalue weighted by molar-refractivity contribution is 5.83. The van der Waals surface area contributed by atoms with Crippen LogP contribution in [-0.4, -0.2) is 49.7 Å². The Morgan fingerprint density at radius 1 is 1.33 bits per heavy atom. The van der Waals surface area contributed by atoms with Crippen molar-refractivity contribution in [1.29, 1.82) is 0 Å². The van der Waals surface area contributed by atoms with Gasteiger partial charge in [0, 0.05) is 20.0 Å². The molecule has 10 heteroatoms. The van der Waals surface area contributed by atoms with Crippen LogP contribution in [0.2, 0.25) is 0 Å². The van der Waals surface area contributed by atoms with Gasteiger partial charge in [-0.05, 0) is 24.1 Å². The molecule has 142 valence electrons. The fourth-order valence-corrected chi connectivity index (χ4v) is 2.57. The van der Waals surface area contributed by atoms with Gasteiger partial charge in [0.1, 0.15) is 12.5 Å². The molecule has 2 heterocycles. The largest absolute Gasteiger partial charge is 0.427 e. The lowest BCUT2D eigenvalue weighted by atomic mass is 10.2. The molecule has 3 N–H and O–H groups in total. The van der Waals surface area contributed by atoms with Crippen molar-refractivity contribution >= 4 is 28.9 Å². The summed E-state index contributed by atoms with van der Waals surface area (Å²) in [7, 11) is 0. The number of aromatic nitrogens is 5. The molecule has 0 bridgehead atoms. The normalized spacial score (nSPS) is 10.8. The molecule has 2 aromatic heterocycles. The monoisotopic (exact) mass is 371 g/mol. The average Bonchev–Trinajstić information content (AvgIpc) is 3.12. The van der Waals surface area contributed by atoms with Crippen molar-refractivity contribution in [2.75, 3.05) is 23.5 Å². The molecule has 3 aromatic rings. The second-order valence-corrected chi connectivity index (χ2v) is 5.87. The van der Waals surface area contributed by atoms with Gasteiger partial charge in [-0.2, -0.15) is 20.3 Å². The van der Waals surface area contributed by atoms with Gasteiger partial charge >= 0.3 is 5.97 Å². The van der Waals surface area contributed by atoms with E-state index in [1.807, 2.05) is 13.0 Å². The molecule has 0 saturated carbocycles. The number of H-pyrrole nitrogens is 1. The number of aliphatic hydroxyl groups excluding tert-OH is 1. The Labute approximate surface area is 155 Å². The van der Waals surface area contributed by atoms with Crippen LogP contribution < -0.4 is 15.0 Å². The van der Waals surface area contributed by atoms with E-state index < -0.39 is 0 Å². The predicted octanol–water partition coefficient (Wildman–Crippen LogP) is 1.45. The standard InChI is InChI=1S/C17H21N7O3/c1-3-7-24(10-25)17-19-15(14-16(20-17)22-23-21-14)18-9-12-5-4-6-13(8-12)27-11(2)26/h4-6,8,25H,3,7,9-10H2,1-2H3,(H2,18,19,20,21,22,23). The van der Waals surface area contributed by atoms with Gasteiger partial charge < -0.3 is 20.1 Å². The maximum atomic E-state index is 11.1. The van der Waals surface area contributed by atoms with E-state index in [2.05, 4.69) is 30.7 Å². The van der Waals surface area contributed by atoms with E-state index in [1.165, 1.54) is 6.92 Å². The quantitative estimate of drug-likeness (QED) is 0.306. The first-order chi connectivity index (χ1) is 13.1. The lowest BCUT2D eigenvalue weighted by molar-refractivity contribution is -0.131. The first-order valence-corrected chi connectivity index (χ1v) is 8.56. The number of hydrogen-bond acceptors (Lipinski definition) is 9. The third-order valence-corrected chi connectivity index (χ3v) is 3.74. The highest BCUT2D eigenvalue weighted by Gasteiger charge is 2.15. The molecule has 0 aliphatic carbocycles. The van der Waals surface area contributed by atoms with Crippen LogP contribution in [0, 0.1) is 0 Å². The maximum Gasteiger partial charge on any atom is 0.308 e. The minimum atomic E-state index is -0.370. The van der Waals surface area contributed by atoms with Gasteiger partial charge in [0.25, 0.3) is 0 Å². The molecule has 10 nitrogen and oxygen atoms in total. The number of anilines is 2. The summed E-state index contributed by atoms with van der Waals surface area (Å²) >= 11 is 0. The van der Waals surface area contributed by atoms with Crippen molar-refractivity contribution in [3.8, 4) is 5.75 Å². The number of nitrogens with one attached hydrogen (secondary N) is 2. The molecule has 3 rings (SSSR count). The summed E-state index contributed by atoms with van der Waals surface area (Å²) in [5.41, 5.74) is 1.81. The van der Waals surface area contributed by atoms with Gasteiger partial charge in [-0.15, -0.1) is 5.10 Å². The summed E-state index contributed by atoms with van der Waals surface area (Å²) in [6, 6.07) is 7.20. The number of fused-ring (bicyclic) bond motifs is 1. The Kier molecular flexibility index (Phi) is 5.77. The van der Waals surface area contributed by atoms with Crippen LogP contribution in [0.1, 0.15) is 25.8 Å². The Morgan fingerprint density at radius 3 is 2.93 bits per heavy atom. The maximum absolute atomic E-state index is 11.1. The minimum absolute atomic E-state index is 0.193. The number of esters is 1. The number of carbonyl (C=O) groups excluding carboxylic acids is 1. The molecular weight excluding hydrogens is 350 g/mol. The van der Waals surface area contributed by atoms with Crippen LogP contribution in [-0.2, 0) is 11.3 Å². The van der Waals surface area contributed by atoms with Gasteiger partial charge in [0.05, 0.1) is 0 Å². The zero-order valence-electron chi connectivity index (χ0n) is 15.1. The molecule has 27 heavy (non-hydrogen) atoms. The zero-order valence-corrected chi connectivity index (χ0v) is 15.1. The summed E-state index contributed by atoms with van der Waals surface area (Å²) in [5, 5.41) is 23.4. The summed E-state index contributed by atoms with van der Waals surface area (Å²) in [4.78, 5) is 21.6. The van der Waals surface area contributed by atoms with Crippen LogP contribution >= 0.6 is 0 Å². The first kappa shape index (κ1) is 18.5. The van der Waals surface area contributed by atoms with Crippen molar-refractivity contribution in [3.05, 3.63) is 29.8 Å².